The largest absolute Gasteiger partial charge is 0.496 e. The van der Waals surface area contributed by atoms with Gasteiger partial charge in [-0.15, -0.1) is 0 Å². The molecule has 0 saturated heterocycles. The summed E-state index contributed by atoms with van der Waals surface area (Å²) < 4.78 is 14.2. The number of methoxy groups -OCH3 is 2. The van der Waals surface area contributed by atoms with Gasteiger partial charge in [0.05, 0.1) is 43.4 Å². The van der Waals surface area contributed by atoms with Gasteiger partial charge in [-0.2, -0.15) is 10.2 Å². The number of aromatic nitrogens is 6. The predicted molar refractivity (Wildman–Crippen MR) is 101 cm³/mol. The van der Waals surface area contributed by atoms with E-state index in [0.29, 0.717) is 23.1 Å². The zero-order chi connectivity index (χ0) is 19.0. The minimum atomic E-state index is 0.615. The number of fused-ring (bicyclic) bond motifs is 1. The van der Waals surface area contributed by atoms with Crippen LogP contribution >= 0.6 is 0 Å². The highest BCUT2D eigenvalue weighted by Gasteiger charge is 2.14. The van der Waals surface area contributed by atoms with Crippen molar-refractivity contribution in [2.24, 2.45) is 7.05 Å². The molecule has 4 heterocycles. The molecular weight excluding hydrogens is 346 g/mol. The smallest absolute Gasteiger partial charge is 0.196 e. The van der Waals surface area contributed by atoms with Crippen LogP contribution in [0, 0.1) is 6.92 Å². The molecule has 9 nitrogen and oxygen atoms in total. The zero-order valence-electron chi connectivity index (χ0n) is 15.5. The molecule has 0 saturated carbocycles. The maximum atomic E-state index is 5.47. The van der Waals surface area contributed by atoms with Crippen LogP contribution in [0.25, 0.3) is 16.9 Å². The Hall–Kier alpha value is -3.62. The van der Waals surface area contributed by atoms with E-state index in [1.807, 2.05) is 38.4 Å². The summed E-state index contributed by atoms with van der Waals surface area (Å²) in [6.45, 7) is 1.91. The van der Waals surface area contributed by atoms with E-state index in [4.69, 9.17) is 9.47 Å². The molecule has 4 aromatic heterocycles. The van der Waals surface area contributed by atoms with Crippen molar-refractivity contribution >= 4 is 22.5 Å². The lowest BCUT2D eigenvalue weighted by Crippen LogP contribution is -2.01. The second kappa shape index (κ2) is 6.60. The molecule has 0 aromatic carbocycles. The second-order valence-corrected chi connectivity index (χ2v) is 5.94. The second-order valence-electron chi connectivity index (χ2n) is 5.94. The molecule has 0 spiro atoms. The van der Waals surface area contributed by atoms with Crippen LogP contribution in [0.5, 0.6) is 11.5 Å². The minimum absolute atomic E-state index is 0.615. The van der Waals surface area contributed by atoms with Crippen LogP contribution < -0.4 is 14.8 Å². The Bertz CT molecular complexity index is 1120. The highest BCUT2D eigenvalue weighted by molar-refractivity contribution is 5.84. The quantitative estimate of drug-likeness (QED) is 0.581. The Morgan fingerprint density at radius 1 is 1.15 bits per heavy atom. The predicted octanol–water partition coefficient (Wildman–Crippen LogP) is 2.62. The van der Waals surface area contributed by atoms with Gasteiger partial charge >= 0.3 is 0 Å². The zero-order valence-corrected chi connectivity index (χ0v) is 15.5. The van der Waals surface area contributed by atoms with Crippen LogP contribution in [0.1, 0.15) is 5.69 Å². The molecule has 0 aliphatic heterocycles. The molecule has 4 rings (SSSR count). The highest BCUT2D eigenvalue weighted by Crippen LogP contribution is 2.29. The first kappa shape index (κ1) is 16.8. The van der Waals surface area contributed by atoms with Crippen LogP contribution in [0.15, 0.2) is 36.8 Å². The third-order valence-electron chi connectivity index (χ3n) is 4.24. The van der Waals surface area contributed by atoms with Crippen LogP contribution in [-0.4, -0.2) is 43.7 Å². The maximum absolute atomic E-state index is 5.47. The Labute approximate surface area is 155 Å². The number of hydrogen-bond acceptors (Lipinski definition) is 7. The molecule has 9 heteroatoms. The number of rotatable bonds is 5. The molecule has 0 amide bonds. The Kier molecular flexibility index (Phi) is 4.11. The molecule has 138 valence electrons. The fourth-order valence-electron chi connectivity index (χ4n) is 2.86. The van der Waals surface area contributed by atoms with E-state index in [1.54, 1.807) is 36.0 Å². The lowest BCUT2D eigenvalue weighted by atomic mass is 10.3. The molecule has 4 aromatic rings. The van der Waals surface area contributed by atoms with Gasteiger partial charge in [-0.25, -0.2) is 14.6 Å². The summed E-state index contributed by atoms with van der Waals surface area (Å²) in [6.07, 6.45) is 5.29. The summed E-state index contributed by atoms with van der Waals surface area (Å²) in [7, 11) is 5.08. The average Bonchev–Trinajstić information content (AvgIpc) is 3.24. The summed E-state index contributed by atoms with van der Waals surface area (Å²) in [5.41, 5.74) is 2.33. The van der Waals surface area contributed by atoms with Gasteiger partial charge in [-0.05, 0) is 19.1 Å². The van der Waals surface area contributed by atoms with Gasteiger partial charge in [0.1, 0.15) is 11.6 Å². The summed E-state index contributed by atoms with van der Waals surface area (Å²) in [6, 6.07) is 5.49. The molecule has 0 fully saturated rings. The minimum Gasteiger partial charge on any atom is -0.496 e. The molecule has 0 aliphatic rings. The Balaban J connectivity index is 1.72. The molecule has 0 unspecified atom stereocenters. The molecular formula is C18H19N7O2. The van der Waals surface area contributed by atoms with E-state index in [9.17, 15) is 0 Å². The number of anilines is 2. The maximum Gasteiger partial charge on any atom is 0.196 e. The van der Waals surface area contributed by atoms with E-state index in [1.165, 1.54) is 0 Å². The van der Waals surface area contributed by atoms with Gasteiger partial charge in [-0.3, -0.25) is 4.68 Å². The van der Waals surface area contributed by atoms with Crippen molar-refractivity contribution in [2.45, 2.75) is 6.92 Å². The summed E-state index contributed by atoms with van der Waals surface area (Å²) in [5.74, 6) is 2.59. The monoisotopic (exact) mass is 365 g/mol. The normalized spacial score (nSPS) is 11.0. The van der Waals surface area contributed by atoms with Crippen molar-refractivity contribution in [3.63, 3.8) is 0 Å². The lowest BCUT2D eigenvalue weighted by molar-refractivity contribution is 0.409. The molecule has 0 aliphatic carbocycles. The van der Waals surface area contributed by atoms with Crippen molar-refractivity contribution in [3.8, 4) is 17.3 Å². The summed E-state index contributed by atoms with van der Waals surface area (Å²) in [5, 5.41) is 12.9. The third kappa shape index (κ3) is 2.92. The summed E-state index contributed by atoms with van der Waals surface area (Å²) in [4.78, 5) is 8.98. The first-order chi connectivity index (χ1) is 13.1. The van der Waals surface area contributed by atoms with Crippen LogP contribution in [0.2, 0.25) is 0 Å². The van der Waals surface area contributed by atoms with Crippen molar-refractivity contribution < 1.29 is 9.47 Å². The van der Waals surface area contributed by atoms with E-state index in [0.717, 1.165) is 22.4 Å². The van der Waals surface area contributed by atoms with Crippen LogP contribution in [0.3, 0.4) is 0 Å². The fourth-order valence-corrected chi connectivity index (χ4v) is 2.86. The summed E-state index contributed by atoms with van der Waals surface area (Å²) >= 11 is 0. The van der Waals surface area contributed by atoms with Crippen LogP contribution in [-0.2, 0) is 7.05 Å². The fraction of sp³-hybridized carbons (Fsp3) is 0.222. The van der Waals surface area contributed by atoms with E-state index < -0.39 is 0 Å². The Morgan fingerprint density at radius 2 is 1.96 bits per heavy atom. The van der Waals surface area contributed by atoms with E-state index >= 15 is 0 Å². The topological polar surface area (TPSA) is 91.9 Å². The molecule has 0 radical (unpaired) electrons. The van der Waals surface area contributed by atoms with Crippen molar-refractivity contribution in [1.29, 1.82) is 0 Å². The third-order valence-corrected chi connectivity index (χ3v) is 4.24. The molecule has 27 heavy (non-hydrogen) atoms. The van der Waals surface area contributed by atoms with Crippen LogP contribution in [0.4, 0.5) is 11.5 Å². The van der Waals surface area contributed by atoms with Gasteiger partial charge < -0.3 is 14.8 Å². The Morgan fingerprint density at radius 3 is 2.74 bits per heavy atom. The molecule has 0 bridgehead atoms. The number of aryl methyl sites for hydroxylation is 2. The van der Waals surface area contributed by atoms with Gasteiger partial charge in [0.15, 0.2) is 17.2 Å². The van der Waals surface area contributed by atoms with Gasteiger partial charge in [0.2, 0.25) is 0 Å². The number of nitrogens with zero attached hydrogens (tertiary/aromatic N) is 6. The lowest BCUT2D eigenvalue weighted by Gasteiger charge is -2.08. The molecule has 1 N–H and O–H groups in total. The number of hydrogen-bond donors (Lipinski definition) is 1. The first-order valence-corrected chi connectivity index (χ1v) is 8.30. The van der Waals surface area contributed by atoms with Crippen molar-refractivity contribution in [2.75, 3.05) is 19.5 Å². The number of ether oxygens (including phenoxy) is 2. The number of nitrogens with one attached hydrogen (secondary N) is 1. The number of pyridine rings is 2. The standard InChI is InChI=1S/C18H19N7O2/c1-11-13(10-25(23-11)18-14(26-3)6-5-7-19-18)21-16-8-15(27-4)12-9-20-24(2)17(12)22-16/h5-10H,1-4H3,(H,21,22). The first-order valence-electron chi connectivity index (χ1n) is 8.30. The highest BCUT2D eigenvalue weighted by atomic mass is 16.5. The van der Waals surface area contributed by atoms with Gasteiger partial charge in [-0.1, -0.05) is 0 Å². The SMILES string of the molecule is COc1cccnc1-n1cc(Nc2cc(OC)c3cnn(C)c3n2)c(C)n1. The van der Waals surface area contributed by atoms with Gasteiger partial charge in [0.25, 0.3) is 0 Å². The van der Waals surface area contributed by atoms with Crippen molar-refractivity contribution in [1.82, 2.24) is 29.5 Å². The molecule has 0 atom stereocenters. The van der Waals surface area contributed by atoms with Gasteiger partial charge in [0, 0.05) is 19.3 Å². The van der Waals surface area contributed by atoms with E-state index in [-0.39, 0.29) is 0 Å². The average molecular weight is 365 g/mol. The van der Waals surface area contributed by atoms with E-state index in [2.05, 4.69) is 25.5 Å². The van der Waals surface area contributed by atoms with Crippen molar-refractivity contribution in [3.05, 3.63) is 42.5 Å².